The summed E-state index contributed by atoms with van der Waals surface area (Å²) in [5.74, 6) is 0.520. The molecule has 1 atom stereocenters. The van der Waals surface area contributed by atoms with Crippen molar-refractivity contribution in [2.45, 2.75) is 32.2 Å². The summed E-state index contributed by atoms with van der Waals surface area (Å²) < 4.78 is 15.1. The van der Waals surface area contributed by atoms with E-state index in [1.54, 1.807) is 6.07 Å². The smallest absolute Gasteiger partial charge is 0.127 e. The quantitative estimate of drug-likeness (QED) is 0.724. The molecule has 2 aromatic rings. The minimum Gasteiger partial charge on any atom is -0.324 e. The Balaban J connectivity index is 2.75. The molecule has 0 amide bonds. The Bertz CT molecular complexity index is 517. The molecular formula is C12H14ClFN2. The number of aromatic nitrogens is 2. The van der Waals surface area contributed by atoms with Crippen LogP contribution in [0, 0.1) is 5.82 Å². The average molecular weight is 241 g/mol. The zero-order chi connectivity index (χ0) is 11.9. The standard InChI is InChI=1S/C12H14ClFN2/c1-7(2)16-11-5-4-9(14)6-10(11)15-12(16)8(3)13/h4-8H,1-3H3. The van der Waals surface area contributed by atoms with E-state index in [-0.39, 0.29) is 17.2 Å². The van der Waals surface area contributed by atoms with Crippen molar-refractivity contribution >= 4 is 22.6 Å². The van der Waals surface area contributed by atoms with Crippen molar-refractivity contribution in [2.24, 2.45) is 0 Å². The van der Waals surface area contributed by atoms with Gasteiger partial charge in [-0.3, -0.25) is 0 Å². The molecule has 0 aliphatic carbocycles. The number of rotatable bonds is 2. The van der Waals surface area contributed by atoms with Gasteiger partial charge in [0.25, 0.3) is 0 Å². The molecule has 4 heteroatoms. The molecule has 1 unspecified atom stereocenters. The largest absolute Gasteiger partial charge is 0.324 e. The highest BCUT2D eigenvalue weighted by atomic mass is 35.5. The fraction of sp³-hybridized carbons (Fsp3) is 0.417. The number of imidazole rings is 1. The van der Waals surface area contributed by atoms with Crippen molar-refractivity contribution in [3.63, 3.8) is 0 Å². The molecule has 0 fully saturated rings. The van der Waals surface area contributed by atoms with Crippen molar-refractivity contribution in [1.82, 2.24) is 9.55 Å². The molecule has 0 radical (unpaired) electrons. The Kier molecular flexibility index (Phi) is 2.89. The van der Waals surface area contributed by atoms with Crippen LogP contribution in [-0.2, 0) is 0 Å². The molecule has 1 heterocycles. The number of fused-ring (bicyclic) bond motifs is 1. The van der Waals surface area contributed by atoms with Gasteiger partial charge in [0.2, 0.25) is 0 Å². The third-order valence-electron chi connectivity index (χ3n) is 2.55. The van der Waals surface area contributed by atoms with Crippen LogP contribution in [0.5, 0.6) is 0 Å². The summed E-state index contributed by atoms with van der Waals surface area (Å²) in [4.78, 5) is 4.39. The molecule has 0 saturated carbocycles. The number of alkyl halides is 1. The van der Waals surface area contributed by atoms with Crippen molar-refractivity contribution < 1.29 is 4.39 Å². The lowest BCUT2D eigenvalue weighted by Crippen LogP contribution is -2.06. The minimum atomic E-state index is -0.269. The zero-order valence-electron chi connectivity index (χ0n) is 9.54. The maximum atomic E-state index is 13.1. The number of benzene rings is 1. The van der Waals surface area contributed by atoms with Crippen LogP contribution in [0.15, 0.2) is 18.2 Å². The fourth-order valence-corrected chi connectivity index (χ4v) is 2.07. The van der Waals surface area contributed by atoms with Crippen LogP contribution in [0.25, 0.3) is 11.0 Å². The molecule has 0 aliphatic heterocycles. The van der Waals surface area contributed by atoms with Gasteiger partial charge in [-0.25, -0.2) is 9.37 Å². The van der Waals surface area contributed by atoms with E-state index in [0.29, 0.717) is 5.52 Å². The summed E-state index contributed by atoms with van der Waals surface area (Å²) in [6.07, 6.45) is 0. The van der Waals surface area contributed by atoms with E-state index >= 15 is 0 Å². The average Bonchev–Trinajstić information content (AvgIpc) is 2.55. The molecule has 0 N–H and O–H groups in total. The molecular weight excluding hydrogens is 227 g/mol. The van der Waals surface area contributed by atoms with E-state index in [1.165, 1.54) is 12.1 Å². The first-order chi connectivity index (χ1) is 7.50. The first-order valence-corrected chi connectivity index (χ1v) is 5.76. The summed E-state index contributed by atoms with van der Waals surface area (Å²) in [6.45, 7) is 6.00. The SMILES string of the molecule is CC(Cl)c1nc2cc(F)ccc2n1C(C)C. The highest BCUT2D eigenvalue weighted by molar-refractivity contribution is 6.20. The van der Waals surface area contributed by atoms with Crippen molar-refractivity contribution in [3.05, 3.63) is 29.8 Å². The van der Waals surface area contributed by atoms with Crippen LogP contribution in [0.3, 0.4) is 0 Å². The van der Waals surface area contributed by atoms with Gasteiger partial charge in [-0.1, -0.05) is 0 Å². The van der Waals surface area contributed by atoms with Crippen molar-refractivity contribution in [2.75, 3.05) is 0 Å². The van der Waals surface area contributed by atoms with E-state index < -0.39 is 0 Å². The highest BCUT2D eigenvalue weighted by Gasteiger charge is 2.16. The Morgan fingerprint density at radius 1 is 1.31 bits per heavy atom. The van der Waals surface area contributed by atoms with Crippen LogP contribution >= 0.6 is 11.6 Å². The maximum Gasteiger partial charge on any atom is 0.127 e. The summed E-state index contributed by atoms with van der Waals surface area (Å²) in [5.41, 5.74) is 1.59. The first-order valence-electron chi connectivity index (χ1n) is 5.32. The normalized spacial score (nSPS) is 13.6. The summed E-state index contributed by atoms with van der Waals surface area (Å²) in [7, 11) is 0. The Labute approximate surface area is 99.0 Å². The van der Waals surface area contributed by atoms with Gasteiger partial charge < -0.3 is 4.57 Å². The van der Waals surface area contributed by atoms with Gasteiger partial charge in [0.05, 0.1) is 16.4 Å². The predicted molar refractivity (Wildman–Crippen MR) is 64.3 cm³/mol. The van der Waals surface area contributed by atoms with Gasteiger partial charge in [0.15, 0.2) is 0 Å². The zero-order valence-corrected chi connectivity index (χ0v) is 10.3. The number of hydrogen-bond acceptors (Lipinski definition) is 1. The van der Waals surface area contributed by atoms with E-state index in [4.69, 9.17) is 11.6 Å². The van der Waals surface area contributed by atoms with Crippen LogP contribution in [-0.4, -0.2) is 9.55 Å². The summed E-state index contributed by atoms with van der Waals surface area (Å²) in [6, 6.07) is 4.90. The summed E-state index contributed by atoms with van der Waals surface area (Å²) in [5, 5.41) is -0.183. The lowest BCUT2D eigenvalue weighted by atomic mass is 10.3. The molecule has 1 aromatic heterocycles. The third-order valence-corrected chi connectivity index (χ3v) is 2.75. The van der Waals surface area contributed by atoms with Gasteiger partial charge in [-0.05, 0) is 32.9 Å². The second-order valence-electron chi connectivity index (χ2n) is 4.18. The topological polar surface area (TPSA) is 17.8 Å². The predicted octanol–water partition coefficient (Wildman–Crippen LogP) is 4.06. The molecule has 2 nitrogen and oxygen atoms in total. The third kappa shape index (κ3) is 1.80. The number of hydrogen-bond donors (Lipinski definition) is 0. The fourth-order valence-electron chi connectivity index (χ4n) is 1.91. The van der Waals surface area contributed by atoms with E-state index in [9.17, 15) is 4.39 Å². The van der Waals surface area contributed by atoms with Crippen LogP contribution < -0.4 is 0 Å². The maximum absolute atomic E-state index is 13.1. The lowest BCUT2D eigenvalue weighted by molar-refractivity contribution is 0.584. The summed E-state index contributed by atoms with van der Waals surface area (Å²) >= 11 is 6.09. The Morgan fingerprint density at radius 3 is 2.56 bits per heavy atom. The van der Waals surface area contributed by atoms with Crippen LogP contribution in [0.1, 0.15) is 38.0 Å². The van der Waals surface area contributed by atoms with Gasteiger partial charge in [-0.2, -0.15) is 0 Å². The minimum absolute atomic E-state index is 0.183. The van der Waals surface area contributed by atoms with Crippen molar-refractivity contribution in [3.8, 4) is 0 Å². The lowest BCUT2D eigenvalue weighted by Gasteiger charge is -2.13. The van der Waals surface area contributed by atoms with Crippen LogP contribution in [0.2, 0.25) is 0 Å². The number of halogens is 2. The van der Waals surface area contributed by atoms with Crippen molar-refractivity contribution in [1.29, 1.82) is 0 Å². The molecule has 86 valence electrons. The van der Waals surface area contributed by atoms with E-state index in [2.05, 4.69) is 18.8 Å². The second-order valence-corrected chi connectivity index (χ2v) is 4.84. The molecule has 0 aliphatic rings. The van der Waals surface area contributed by atoms with E-state index in [1.807, 2.05) is 11.5 Å². The molecule has 16 heavy (non-hydrogen) atoms. The monoisotopic (exact) mass is 240 g/mol. The molecule has 2 rings (SSSR count). The van der Waals surface area contributed by atoms with Crippen LogP contribution in [0.4, 0.5) is 4.39 Å². The van der Waals surface area contributed by atoms with Gasteiger partial charge in [0.1, 0.15) is 11.6 Å². The van der Waals surface area contributed by atoms with Gasteiger partial charge >= 0.3 is 0 Å². The second kappa shape index (κ2) is 4.06. The first kappa shape index (κ1) is 11.4. The highest BCUT2D eigenvalue weighted by Crippen LogP contribution is 2.28. The van der Waals surface area contributed by atoms with Gasteiger partial charge in [-0.15, -0.1) is 11.6 Å². The molecule has 0 bridgehead atoms. The Hall–Kier alpha value is -1.09. The Morgan fingerprint density at radius 2 is 2.00 bits per heavy atom. The molecule has 1 aromatic carbocycles. The molecule has 0 saturated heterocycles. The number of nitrogens with zero attached hydrogens (tertiary/aromatic N) is 2. The van der Waals surface area contributed by atoms with E-state index in [0.717, 1.165) is 11.3 Å². The molecule has 0 spiro atoms. The van der Waals surface area contributed by atoms with Gasteiger partial charge in [0, 0.05) is 12.1 Å².